The lowest BCUT2D eigenvalue weighted by molar-refractivity contribution is 0.0951. The van der Waals surface area contributed by atoms with E-state index >= 15 is 0 Å². The normalized spacial score (nSPS) is 13.6. The van der Waals surface area contributed by atoms with Crippen LogP contribution in [0.1, 0.15) is 27.5 Å². The molecule has 0 spiro atoms. The molecule has 1 aliphatic rings. The summed E-state index contributed by atoms with van der Waals surface area (Å²) in [6.45, 7) is 1.45. The smallest absolute Gasteiger partial charge is 0.251 e. The Balaban J connectivity index is 1.60. The van der Waals surface area contributed by atoms with E-state index in [1.807, 2.05) is 14.1 Å². The molecule has 0 saturated heterocycles. The molecule has 1 heterocycles. The molecule has 0 bridgehead atoms. The predicted octanol–water partition coefficient (Wildman–Crippen LogP) is 4.94. The third-order valence-electron chi connectivity index (χ3n) is 5.64. The Morgan fingerprint density at radius 3 is 2.57 bits per heavy atom. The summed E-state index contributed by atoms with van der Waals surface area (Å²) in [6, 6.07) is 24.2. The Bertz CT molecular complexity index is 1030. The number of anilines is 2. The van der Waals surface area contributed by atoms with Crippen LogP contribution in [0.25, 0.3) is 0 Å². The summed E-state index contributed by atoms with van der Waals surface area (Å²) in [7, 11) is 4.07. The van der Waals surface area contributed by atoms with Crippen molar-refractivity contribution in [1.29, 1.82) is 0 Å². The van der Waals surface area contributed by atoms with Crippen molar-refractivity contribution in [3.63, 3.8) is 0 Å². The van der Waals surface area contributed by atoms with Gasteiger partial charge in [-0.05, 0) is 53.9 Å². The molecule has 1 amide bonds. The van der Waals surface area contributed by atoms with Gasteiger partial charge in [0.2, 0.25) is 0 Å². The minimum atomic E-state index is -0.111. The highest BCUT2D eigenvalue weighted by Crippen LogP contribution is 2.35. The monoisotopic (exact) mass is 419 g/mol. The topological polar surface area (TPSA) is 35.6 Å². The maximum Gasteiger partial charge on any atom is 0.251 e. The van der Waals surface area contributed by atoms with Gasteiger partial charge in [0.25, 0.3) is 5.91 Å². The van der Waals surface area contributed by atoms with Crippen molar-refractivity contribution in [1.82, 2.24) is 5.32 Å². The van der Waals surface area contributed by atoms with Crippen LogP contribution < -0.4 is 15.1 Å². The quantitative estimate of drug-likeness (QED) is 0.614. The molecule has 1 aliphatic heterocycles. The Morgan fingerprint density at radius 1 is 1.07 bits per heavy atom. The molecule has 0 aromatic heterocycles. The molecule has 30 heavy (non-hydrogen) atoms. The molecule has 3 aromatic carbocycles. The van der Waals surface area contributed by atoms with E-state index in [-0.39, 0.29) is 11.9 Å². The zero-order valence-electron chi connectivity index (χ0n) is 17.3. The van der Waals surface area contributed by atoms with Crippen LogP contribution in [0.15, 0.2) is 72.8 Å². The second-order valence-corrected chi connectivity index (χ2v) is 8.23. The molecular weight excluding hydrogens is 394 g/mol. The lowest BCUT2D eigenvalue weighted by Crippen LogP contribution is -2.37. The second-order valence-electron chi connectivity index (χ2n) is 7.79. The fourth-order valence-corrected chi connectivity index (χ4v) is 4.20. The van der Waals surface area contributed by atoms with Gasteiger partial charge in [0.1, 0.15) is 0 Å². The molecule has 1 unspecified atom stereocenters. The first-order valence-electron chi connectivity index (χ1n) is 10.2. The second kappa shape index (κ2) is 8.80. The average Bonchev–Trinajstić information content (AvgIpc) is 3.18. The van der Waals surface area contributed by atoms with Crippen LogP contribution in [0, 0.1) is 0 Å². The Kier molecular flexibility index (Phi) is 5.96. The van der Waals surface area contributed by atoms with Gasteiger partial charge in [-0.2, -0.15) is 0 Å². The first-order valence-corrected chi connectivity index (χ1v) is 10.6. The number of carbonyl (C=O) groups excluding carboxylic acids is 1. The number of carbonyl (C=O) groups is 1. The first kappa shape index (κ1) is 20.3. The van der Waals surface area contributed by atoms with E-state index in [1.54, 1.807) is 24.3 Å². The largest absolute Gasteiger partial charge is 0.378 e. The molecule has 0 radical (unpaired) electrons. The van der Waals surface area contributed by atoms with Crippen LogP contribution >= 0.6 is 11.6 Å². The molecule has 1 atom stereocenters. The summed E-state index contributed by atoms with van der Waals surface area (Å²) in [5, 5.41) is 3.68. The van der Waals surface area contributed by atoms with Gasteiger partial charge in [0.15, 0.2) is 0 Å². The number of hydrogen-bond acceptors (Lipinski definition) is 3. The standard InChI is InChI=1S/C25H26ClN3O/c1-28(2)22-12-10-19(11-13-22)24(29-15-14-18-6-3-4-9-23(18)29)17-27-25(30)20-7-5-8-21(26)16-20/h3-13,16,24H,14-15,17H2,1-2H3,(H,27,30). The van der Waals surface area contributed by atoms with Crippen molar-refractivity contribution < 1.29 is 4.79 Å². The average molecular weight is 420 g/mol. The van der Waals surface area contributed by atoms with E-state index < -0.39 is 0 Å². The molecule has 1 N–H and O–H groups in total. The zero-order valence-corrected chi connectivity index (χ0v) is 18.1. The number of amides is 1. The van der Waals surface area contributed by atoms with Crippen molar-refractivity contribution in [2.45, 2.75) is 12.5 Å². The van der Waals surface area contributed by atoms with Crippen molar-refractivity contribution in [2.75, 3.05) is 37.0 Å². The van der Waals surface area contributed by atoms with Crippen LogP contribution in [0.4, 0.5) is 11.4 Å². The molecule has 0 saturated carbocycles. The van der Waals surface area contributed by atoms with Crippen LogP contribution in [-0.2, 0) is 6.42 Å². The summed E-state index contributed by atoms with van der Waals surface area (Å²) in [4.78, 5) is 17.2. The lowest BCUT2D eigenvalue weighted by Gasteiger charge is -2.31. The lowest BCUT2D eigenvalue weighted by atomic mass is 10.0. The van der Waals surface area contributed by atoms with Crippen molar-refractivity contribution >= 4 is 28.9 Å². The summed E-state index contributed by atoms with van der Waals surface area (Å²) >= 11 is 6.06. The Hall–Kier alpha value is -2.98. The number of benzene rings is 3. The van der Waals surface area contributed by atoms with Gasteiger partial charge >= 0.3 is 0 Å². The van der Waals surface area contributed by atoms with Gasteiger partial charge in [-0.3, -0.25) is 4.79 Å². The summed E-state index contributed by atoms with van der Waals surface area (Å²) in [5.41, 5.74) is 5.52. The van der Waals surface area contributed by atoms with Gasteiger partial charge in [0, 0.05) is 49.1 Å². The van der Waals surface area contributed by atoms with Gasteiger partial charge in [-0.25, -0.2) is 0 Å². The first-order chi connectivity index (χ1) is 14.5. The van der Waals surface area contributed by atoms with Crippen molar-refractivity contribution in [2.24, 2.45) is 0 Å². The third-order valence-corrected chi connectivity index (χ3v) is 5.87. The van der Waals surface area contributed by atoms with E-state index in [2.05, 4.69) is 63.6 Å². The number of fused-ring (bicyclic) bond motifs is 1. The molecule has 0 aliphatic carbocycles. The molecule has 154 valence electrons. The Labute approximate surface area is 183 Å². The van der Waals surface area contributed by atoms with E-state index in [4.69, 9.17) is 11.6 Å². The van der Waals surface area contributed by atoms with Crippen LogP contribution in [-0.4, -0.2) is 33.1 Å². The van der Waals surface area contributed by atoms with Gasteiger partial charge in [-0.1, -0.05) is 48.0 Å². The highest BCUT2D eigenvalue weighted by Gasteiger charge is 2.27. The number of nitrogens with zero attached hydrogens (tertiary/aromatic N) is 2. The maximum absolute atomic E-state index is 12.7. The highest BCUT2D eigenvalue weighted by atomic mass is 35.5. The maximum atomic E-state index is 12.7. The number of hydrogen-bond donors (Lipinski definition) is 1. The fraction of sp³-hybridized carbons (Fsp3) is 0.240. The number of rotatable bonds is 6. The van der Waals surface area contributed by atoms with E-state index in [0.29, 0.717) is 17.1 Å². The SMILES string of the molecule is CN(C)c1ccc(C(CNC(=O)c2cccc(Cl)c2)N2CCc3ccccc32)cc1. The minimum absolute atomic E-state index is 0.0491. The van der Waals surface area contributed by atoms with Gasteiger partial charge in [-0.15, -0.1) is 0 Å². The molecular formula is C25H26ClN3O. The molecule has 3 aromatic rings. The molecule has 4 rings (SSSR count). The van der Waals surface area contributed by atoms with Crippen LogP contribution in [0.2, 0.25) is 5.02 Å². The number of para-hydroxylation sites is 1. The fourth-order valence-electron chi connectivity index (χ4n) is 4.01. The van der Waals surface area contributed by atoms with E-state index in [0.717, 1.165) is 18.7 Å². The van der Waals surface area contributed by atoms with Gasteiger partial charge < -0.3 is 15.1 Å². The highest BCUT2D eigenvalue weighted by molar-refractivity contribution is 6.30. The zero-order chi connectivity index (χ0) is 21.1. The van der Waals surface area contributed by atoms with Crippen LogP contribution in [0.3, 0.4) is 0 Å². The molecule has 4 nitrogen and oxygen atoms in total. The summed E-state index contributed by atoms with van der Waals surface area (Å²) in [5.74, 6) is -0.111. The minimum Gasteiger partial charge on any atom is -0.378 e. The third kappa shape index (κ3) is 4.29. The Morgan fingerprint density at radius 2 is 1.83 bits per heavy atom. The molecule has 0 fully saturated rings. The number of nitrogens with one attached hydrogen (secondary N) is 1. The molecule has 5 heteroatoms. The number of halogens is 1. The van der Waals surface area contributed by atoms with E-state index in [1.165, 1.54) is 16.8 Å². The van der Waals surface area contributed by atoms with Crippen LogP contribution in [0.5, 0.6) is 0 Å². The van der Waals surface area contributed by atoms with Crippen molar-refractivity contribution in [3.8, 4) is 0 Å². The predicted molar refractivity (Wildman–Crippen MR) is 125 cm³/mol. The van der Waals surface area contributed by atoms with Gasteiger partial charge in [0.05, 0.1) is 6.04 Å². The van der Waals surface area contributed by atoms with Crippen molar-refractivity contribution in [3.05, 3.63) is 94.5 Å². The van der Waals surface area contributed by atoms with E-state index in [9.17, 15) is 4.79 Å². The summed E-state index contributed by atoms with van der Waals surface area (Å²) in [6.07, 6.45) is 1.02. The summed E-state index contributed by atoms with van der Waals surface area (Å²) < 4.78 is 0.